The topological polar surface area (TPSA) is 47.6 Å². The fourth-order valence-corrected chi connectivity index (χ4v) is 2.24. The van der Waals surface area contributed by atoms with E-state index in [9.17, 15) is 4.79 Å². The van der Waals surface area contributed by atoms with E-state index in [4.69, 9.17) is 9.47 Å². The van der Waals surface area contributed by atoms with E-state index < -0.39 is 0 Å². The summed E-state index contributed by atoms with van der Waals surface area (Å²) in [6.45, 7) is 6.27. The number of carbonyl (C=O) groups excluding carboxylic acids is 1. The molecule has 0 unspecified atom stereocenters. The third-order valence-corrected chi connectivity index (χ3v) is 3.33. The van der Waals surface area contributed by atoms with Crippen LogP contribution < -0.4 is 14.8 Å². The van der Waals surface area contributed by atoms with Gasteiger partial charge in [-0.1, -0.05) is 6.08 Å². The molecule has 120 valence electrons. The first-order valence-corrected chi connectivity index (χ1v) is 7.50. The van der Waals surface area contributed by atoms with Crippen LogP contribution in [-0.4, -0.2) is 19.6 Å². The van der Waals surface area contributed by atoms with Gasteiger partial charge in [0, 0.05) is 11.3 Å². The van der Waals surface area contributed by atoms with E-state index in [2.05, 4.69) is 11.9 Å². The Morgan fingerprint density at radius 2 is 1.96 bits per heavy atom. The lowest BCUT2D eigenvalue weighted by molar-refractivity contribution is 0.102. The van der Waals surface area contributed by atoms with Crippen LogP contribution in [0.15, 0.2) is 55.1 Å². The van der Waals surface area contributed by atoms with Gasteiger partial charge in [0.15, 0.2) is 0 Å². The van der Waals surface area contributed by atoms with Gasteiger partial charge in [-0.3, -0.25) is 4.79 Å². The van der Waals surface area contributed by atoms with Gasteiger partial charge in [0.25, 0.3) is 5.91 Å². The smallest absolute Gasteiger partial charge is 0.255 e. The standard InChI is InChI=1S/C19H21NO3/c1-4-6-14-13-15(7-12-18(14)22-3)19(21)20-16-8-10-17(11-9-16)23-5-2/h4,7-13H,1,5-6H2,2-3H3,(H,20,21). The molecule has 0 aliphatic carbocycles. The number of carbonyl (C=O) groups is 1. The summed E-state index contributed by atoms with van der Waals surface area (Å²) in [7, 11) is 1.61. The summed E-state index contributed by atoms with van der Waals surface area (Å²) in [6, 6.07) is 12.7. The molecule has 0 aliphatic rings. The number of benzene rings is 2. The monoisotopic (exact) mass is 311 g/mol. The highest BCUT2D eigenvalue weighted by Crippen LogP contribution is 2.22. The number of anilines is 1. The number of allylic oxidation sites excluding steroid dienone is 1. The highest BCUT2D eigenvalue weighted by Gasteiger charge is 2.10. The fraction of sp³-hybridized carbons (Fsp3) is 0.211. The van der Waals surface area contributed by atoms with Gasteiger partial charge in [0.1, 0.15) is 11.5 Å². The molecule has 1 amide bonds. The summed E-state index contributed by atoms with van der Waals surface area (Å²) in [6.07, 6.45) is 2.43. The van der Waals surface area contributed by atoms with Crippen molar-refractivity contribution in [2.24, 2.45) is 0 Å². The molecule has 0 aromatic heterocycles. The summed E-state index contributed by atoms with van der Waals surface area (Å²) in [5, 5.41) is 2.87. The molecule has 0 radical (unpaired) electrons. The Morgan fingerprint density at radius 1 is 1.22 bits per heavy atom. The van der Waals surface area contributed by atoms with Gasteiger partial charge in [-0.2, -0.15) is 0 Å². The molecule has 2 rings (SSSR count). The maximum absolute atomic E-state index is 12.4. The predicted molar refractivity (Wildman–Crippen MR) is 92.5 cm³/mol. The number of hydrogen-bond acceptors (Lipinski definition) is 3. The second-order valence-electron chi connectivity index (χ2n) is 4.93. The van der Waals surface area contributed by atoms with Gasteiger partial charge < -0.3 is 14.8 Å². The van der Waals surface area contributed by atoms with Crippen molar-refractivity contribution in [1.82, 2.24) is 0 Å². The predicted octanol–water partition coefficient (Wildman–Crippen LogP) is 4.07. The number of ether oxygens (including phenoxy) is 2. The zero-order chi connectivity index (χ0) is 16.7. The van der Waals surface area contributed by atoms with E-state index in [-0.39, 0.29) is 5.91 Å². The van der Waals surface area contributed by atoms with Crippen molar-refractivity contribution in [2.75, 3.05) is 19.0 Å². The Balaban J connectivity index is 2.13. The molecule has 0 fully saturated rings. The third kappa shape index (κ3) is 4.36. The Hall–Kier alpha value is -2.75. The summed E-state index contributed by atoms with van der Waals surface area (Å²) in [5.41, 5.74) is 2.23. The molecule has 4 nitrogen and oxygen atoms in total. The Morgan fingerprint density at radius 3 is 2.57 bits per heavy atom. The Bertz CT molecular complexity index is 678. The van der Waals surface area contributed by atoms with Crippen LogP contribution in [0.25, 0.3) is 0 Å². The lowest BCUT2D eigenvalue weighted by atomic mass is 10.1. The molecule has 1 N–H and O–H groups in total. The molecule has 0 aliphatic heterocycles. The van der Waals surface area contributed by atoms with Crippen molar-refractivity contribution < 1.29 is 14.3 Å². The molecule has 0 bridgehead atoms. The molecular formula is C19H21NO3. The number of amides is 1. The van der Waals surface area contributed by atoms with Crippen LogP contribution in [0.5, 0.6) is 11.5 Å². The van der Waals surface area contributed by atoms with E-state index in [0.717, 1.165) is 22.7 Å². The van der Waals surface area contributed by atoms with Crippen LogP contribution in [0.1, 0.15) is 22.8 Å². The quantitative estimate of drug-likeness (QED) is 0.784. The molecule has 2 aromatic rings. The van der Waals surface area contributed by atoms with Gasteiger partial charge >= 0.3 is 0 Å². The number of nitrogens with one attached hydrogen (secondary N) is 1. The molecule has 0 atom stereocenters. The Labute approximate surface area is 136 Å². The maximum atomic E-state index is 12.4. The molecule has 0 saturated carbocycles. The zero-order valence-electron chi connectivity index (χ0n) is 13.5. The van der Waals surface area contributed by atoms with Crippen molar-refractivity contribution in [1.29, 1.82) is 0 Å². The van der Waals surface area contributed by atoms with Crippen molar-refractivity contribution in [2.45, 2.75) is 13.3 Å². The molecule has 23 heavy (non-hydrogen) atoms. The van der Waals surface area contributed by atoms with Crippen molar-refractivity contribution in [3.8, 4) is 11.5 Å². The van der Waals surface area contributed by atoms with Crippen LogP contribution in [0.4, 0.5) is 5.69 Å². The third-order valence-electron chi connectivity index (χ3n) is 3.33. The molecule has 0 spiro atoms. The number of methoxy groups -OCH3 is 1. The van der Waals surface area contributed by atoms with Crippen LogP contribution in [0, 0.1) is 0 Å². The fourth-order valence-electron chi connectivity index (χ4n) is 2.24. The summed E-state index contributed by atoms with van der Waals surface area (Å²) in [4.78, 5) is 12.4. The van der Waals surface area contributed by atoms with Gasteiger partial charge in [-0.05, 0) is 61.4 Å². The van der Waals surface area contributed by atoms with Crippen molar-refractivity contribution in [3.63, 3.8) is 0 Å². The summed E-state index contributed by atoms with van der Waals surface area (Å²) < 4.78 is 10.7. The minimum Gasteiger partial charge on any atom is -0.496 e. The normalized spacial score (nSPS) is 10.0. The van der Waals surface area contributed by atoms with Gasteiger partial charge in [0.05, 0.1) is 13.7 Å². The van der Waals surface area contributed by atoms with Gasteiger partial charge in [-0.15, -0.1) is 6.58 Å². The first-order chi connectivity index (χ1) is 11.2. The largest absolute Gasteiger partial charge is 0.496 e. The number of hydrogen-bond donors (Lipinski definition) is 1. The minimum atomic E-state index is -0.165. The minimum absolute atomic E-state index is 0.165. The van der Waals surface area contributed by atoms with E-state index in [1.54, 1.807) is 25.3 Å². The average Bonchev–Trinajstić information content (AvgIpc) is 2.57. The first-order valence-electron chi connectivity index (χ1n) is 7.50. The average molecular weight is 311 g/mol. The molecule has 0 heterocycles. The first kappa shape index (κ1) is 16.6. The van der Waals surface area contributed by atoms with Crippen LogP contribution >= 0.6 is 0 Å². The molecule has 4 heteroatoms. The molecular weight excluding hydrogens is 290 g/mol. The Kier molecular flexibility index (Phi) is 5.80. The highest BCUT2D eigenvalue weighted by atomic mass is 16.5. The van der Waals surface area contributed by atoms with E-state index in [1.807, 2.05) is 37.3 Å². The van der Waals surface area contributed by atoms with E-state index in [0.29, 0.717) is 18.6 Å². The van der Waals surface area contributed by atoms with Crippen molar-refractivity contribution >= 4 is 11.6 Å². The second kappa shape index (κ2) is 8.03. The lowest BCUT2D eigenvalue weighted by Gasteiger charge is -2.10. The highest BCUT2D eigenvalue weighted by molar-refractivity contribution is 6.04. The van der Waals surface area contributed by atoms with E-state index >= 15 is 0 Å². The SMILES string of the molecule is C=CCc1cc(C(=O)Nc2ccc(OCC)cc2)ccc1OC. The molecule has 0 saturated heterocycles. The van der Waals surface area contributed by atoms with E-state index in [1.165, 1.54) is 0 Å². The summed E-state index contributed by atoms with van der Waals surface area (Å²) in [5.74, 6) is 1.37. The van der Waals surface area contributed by atoms with Crippen LogP contribution in [-0.2, 0) is 6.42 Å². The summed E-state index contributed by atoms with van der Waals surface area (Å²) >= 11 is 0. The lowest BCUT2D eigenvalue weighted by Crippen LogP contribution is -2.12. The maximum Gasteiger partial charge on any atom is 0.255 e. The zero-order valence-corrected chi connectivity index (χ0v) is 13.5. The van der Waals surface area contributed by atoms with Crippen LogP contribution in [0.2, 0.25) is 0 Å². The number of rotatable bonds is 7. The second-order valence-corrected chi connectivity index (χ2v) is 4.93. The van der Waals surface area contributed by atoms with Crippen molar-refractivity contribution in [3.05, 3.63) is 66.2 Å². The van der Waals surface area contributed by atoms with Gasteiger partial charge in [-0.25, -0.2) is 0 Å². The van der Waals surface area contributed by atoms with Gasteiger partial charge in [0.2, 0.25) is 0 Å². The van der Waals surface area contributed by atoms with Crippen LogP contribution in [0.3, 0.4) is 0 Å². The molecule has 2 aromatic carbocycles.